The van der Waals surface area contributed by atoms with Crippen LogP contribution in [0.2, 0.25) is 0 Å². The molecule has 0 amide bonds. The number of hydrogen-bond donors (Lipinski definition) is 0. The fourth-order valence-electron chi connectivity index (χ4n) is 1.69. The van der Waals surface area contributed by atoms with Gasteiger partial charge in [-0.25, -0.2) is 4.79 Å². The predicted octanol–water partition coefficient (Wildman–Crippen LogP) is 1.66. The molecule has 2 atom stereocenters. The Kier molecular flexibility index (Phi) is 3.07. The van der Waals surface area contributed by atoms with Gasteiger partial charge in [-0.2, -0.15) is 5.26 Å². The van der Waals surface area contributed by atoms with Crippen LogP contribution in [0.3, 0.4) is 0 Å². The molecular weight excluding hydrogens is 166 g/mol. The molecular formula is C10H13NO2. The summed E-state index contributed by atoms with van der Waals surface area (Å²) in [6.45, 7) is 1.84. The van der Waals surface area contributed by atoms with E-state index in [1.165, 1.54) is 7.11 Å². The number of carbonyl (C=O) groups is 1. The van der Waals surface area contributed by atoms with Crippen LogP contribution >= 0.6 is 0 Å². The van der Waals surface area contributed by atoms with E-state index < -0.39 is 0 Å². The molecule has 0 aromatic rings. The predicted molar refractivity (Wildman–Crippen MR) is 47.6 cm³/mol. The topological polar surface area (TPSA) is 50.1 Å². The Bertz CT molecular complexity index is 275. The van der Waals surface area contributed by atoms with Gasteiger partial charge in [0.15, 0.2) is 0 Å². The second-order valence-electron chi connectivity index (χ2n) is 3.25. The number of rotatable bonds is 2. The van der Waals surface area contributed by atoms with Crippen LogP contribution in [0.4, 0.5) is 0 Å². The summed E-state index contributed by atoms with van der Waals surface area (Å²) in [6.07, 6.45) is 3.64. The van der Waals surface area contributed by atoms with Gasteiger partial charge in [-0.15, -0.1) is 0 Å². The monoisotopic (exact) mass is 179 g/mol. The third kappa shape index (κ3) is 1.89. The molecule has 0 heterocycles. The molecule has 0 radical (unpaired) electrons. The van der Waals surface area contributed by atoms with Crippen molar-refractivity contribution in [3.05, 3.63) is 11.6 Å². The van der Waals surface area contributed by atoms with E-state index in [1.54, 1.807) is 0 Å². The van der Waals surface area contributed by atoms with Gasteiger partial charge in [-0.3, -0.25) is 0 Å². The Morgan fingerprint density at radius 3 is 3.08 bits per heavy atom. The molecule has 1 rings (SSSR count). The quantitative estimate of drug-likeness (QED) is 0.606. The van der Waals surface area contributed by atoms with Crippen LogP contribution in [0, 0.1) is 23.2 Å². The molecule has 3 nitrogen and oxygen atoms in total. The van der Waals surface area contributed by atoms with Crippen molar-refractivity contribution in [2.24, 2.45) is 11.8 Å². The maximum atomic E-state index is 11.2. The van der Waals surface area contributed by atoms with Crippen molar-refractivity contribution in [2.75, 3.05) is 7.11 Å². The first-order valence-electron chi connectivity index (χ1n) is 4.38. The molecule has 1 aliphatic rings. The zero-order valence-corrected chi connectivity index (χ0v) is 7.91. The Hall–Kier alpha value is -1.30. The molecule has 0 spiro atoms. The van der Waals surface area contributed by atoms with Gasteiger partial charge in [0.1, 0.15) is 0 Å². The van der Waals surface area contributed by atoms with E-state index in [-0.39, 0.29) is 17.8 Å². The number of nitrogens with zero attached hydrogens (tertiary/aromatic N) is 1. The highest BCUT2D eigenvalue weighted by Gasteiger charge is 2.29. The fraction of sp³-hybridized carbons (Fsp3) is 0.600. The first-order chi connectivity index (χ1) is 6.20. The molecule has 1 aliphatic carbocycles. The van der Waals surface area contributed by atoms with Gasteiger partial charge in [-0.05, 0) is 19.8 Å². The van der Waals surface area contributed by atoms with E-state index >= 15 is 0 Å². The summed E-state index contributed by atoms with van der Waals surface area (Å²) < 4.78 is 4.64. The first kappa shape index (κ1) is 9.79. The van der Waals surface area contributed by atoms with Crippen LogP contribution in [-0.2, 0) is 9.53 Å². The standard InChI is InChI=1S/C10H13NO2/c1-7(6-11)8-4-3-5-9(8)10(12)13-2/h5,7-8H,3-4H2,1-2H3/t7-,8-/m0/s1. The maximum Gasteiger partial charge on any atom is 0.333 e. The maximum absolute atomic E-state index is 11.2. The summed E-state index contributed by atoms with van der Waals surface area (Å²) in [6, 6.07) is 2.17. The lowest BCUT2D eigenvalue weighted by molar-refractivity contribution is -0.136. The average molecular weight is 179 g/mol. The van der Waals surface area contributed by atoms with Gasteiger partial charge in [0.2, 0.25) is 0 Å². The second-order valence-corrected chi connectivity index (χ2v) is 3.25. The first-order valence-corrected chi connectivity index (χ1v) is 4.38. The normalized spacial score (nSPS) is 23.2. The fourth-order valence-corrected chi connectivity index (χ4v) is 1.69. The molecule has 0 fully saturated rings. The highest BCUT2D eigenvalue weighted by molar-refractivity contribution is 5.89. The zero-order valence-electron chi connectivity index (χ0n) is 7.91. The summed E-state index contributed by atoms with van der Waals surface area (Å²) in [4.78, 5) is 11.2. The summed E-state index contributed by atoms with van der Waals surface area (Å²) in [7, 11) is 1.37. The summed E-state index contributed by atoms with van der Waals surface area (Å²) in [5, 5.41) is 8.74. The van der Waals surface area contributed by atoms with Crippen molar-refractivity contribution >= 4 is 5.97 Å². The lowest BCUT2D eigenvalue weighted by Crippen LogP contribution is -2.16. The third-order valence-corrected chi connectivity index (χ3v) is 2.47. The molecule has 0 saturated heterocycles. The highest BCUT2D eigenvalue weighted by atomic mass is 16.5. The minimum absolute atomic E-state index is 0.0671. The molecule has 0 saturated carbocycles. The minimum atomic E-state index is -0.287. The molecule has 3 heteroatoms. The van der Waals surface area contributed by atoms with Crippen molar-refractivity contribution in [2.45, 2.75) is 19.8 Å². The summed E-state index contributed by atoms with van der Waals surface area (Å²) >= 11 is 0. The number of carbonyl (C=O) groups excluding carboxylic acids is 1. The Morgan fingerprint density at radius 2 is 2.54 bits per heavy atom. The van der Waals surface area contributed by atoms with E-state index in [0.717, 1.165) is 12.8 Å². The SMILES string of the molecule is COC(=O)C1=CCC[C@H]1[C@@H](C)C#N. The average Bonchev–Trinajstić information content (AvgIpc) is 2.63. The number of ether oxygens (including phenoxy) is 1. The molecule has 13 heavy (non-hydrogen) atoms. The van der Waals surface area contributed by atoms with Crippen molar-refractivity contribution in [1.82, 2.24) is 0 Å². The van der Waals surface area contributed by atoms with Crippen LogP contribution in [0.1, 0.15) is 19.8 Å². The minimum Gasteiger partial charge on any atom is -0.466 e. The molecule has 0 aromatic heterocycles. The van der Waals surface area contributed by atoms with Gasteiger partial charge in [0.05, 0.1) is 19.1 Å². The van der Waals surface area contributed by atoms with E-state index in [4.69, 9.17) is 5.26 Å². The van der Waals surface area contributed by atoms with Crippen molar-refractivity contribution in [3.8, 4) is 6.07 Å². The van der Waals surface area contributed by atoms with Crippen LogP contribution in [-0.4, -0.2) is 13.1 Å². The molecule has 0 aliphatic heterocycles. The van der Waals surface area contributed by atoms with Gasteiger partial charge in [0.25, 0.3) is 0 Å². The van der Waals surface area contributed by atoms with E-state index in [0.29, 0.717) is 5.57 Å². The second kappa shape index (κ2) is 4.08. The zero-order chi connectivity index (χ0) is 9.84. The molecule has 0 N–H and O–H groups in total. The van der Waals surface area contributed by atoms with E-state index in [1.807, 2.05) is 13.0 Å². The number of nitriles is 1. The van der Waals surface area contributed by atoms with Crippen molar-refractivity contribution < 1.29 is 9.53 Å². The number of allylic oxidation sites excluding steroid dienone is 1. The van der Waals surface area contributed by atoms with E-state index in [9.17, 15) is 4.79 Å². The number of esters is 1. The Morgan fingerprint density at radius 1 is 1.85 bits per heavy atom. The van der Waals surface area contributed by atoms with Crippen LogP contribution in [0.15, 0.2) is 11.6 Å². The summed E-state index contributed by atoms with van der Waals surface area (Å²) in [5.41, 5.74) is 0.677. The molecule has 0 bridgehead atoms. The molecule has 70 valence electrons. The van der Waals surface area contributed by atoms with E-state index in [2.05, 4.69) is 10.8 Å². The van der Waals surface area contributed by atoms with Gasteiger partial charge < -0.3 is 4.74 Å². The highest BCUT2D eigenvalue weighted by Crippen LogP contribution is 2.32. The van der Waals surface area contributed by atoms with Gasteiger partial charge >= 0.3 is 5.97 Å². The Balaban J connectivity index is 2.75. The number of hydrogen-bond acceptors (Lipinski definition) is 3. The Labute approximate surface area is 78.0 Å². The van der Waals surface area contributed by atoms with Crippen LogP contribution < -0.4 is 0 Å². The van der Waals surface area contributed by atoms with Crippen molar-refractivity contribution in [3.63, 3.8) is 0 Å². The van der Waals surface area contributed by atoms with Gasteiger partial charge in [0, 0.05) is 11.5 Å². The molecule has 0 aromatic carbocycles. The smallest absolute Gasteiger partial charge is 0.333 e. The van der Waals surface area contributed by atoms with Crippen LogP contribution in [0.25, 0.3) is 0 Å². The lowest BCUT2D eigenvalue weighted by Gasteiger charge is -2.14. The third-order valence-electron chi connectivity index (χ3n) is 2.47. The van der Waals surface area contributed by atoms with Gasteiger partial charge in [-0.1, -0.05) is 6.08 Å². The largest absolute Gasteiger partial charge is 0.466 e. The van der Waals surface area contributed by atoms with Crippen LogP contribution in [0.5, 0.6) is 0 Å². The lowest BCUT2D eigenvalue weighted by atomic mass is 9.89. The summed E-state index contributed by atoms with van der Waals surface area (Å²) in [5.74, 6) is -0.324. The molecule has 0 unspecified atom stereocenters. The van der Waals surface area contributed by atoms with Crippen molar-refractivity contribution in [1.29, 1.82) is 5.26 Å². The number of methoxy groups -OCH3 is 1.